The molecule has 1 aliphatic heterocycles. The summed E-state index contributed by atoms with van der Waals surface area (Å²) >= 11 is 0. The highest BCUT2D eigenvalue weighted by Gasteiger charge is 2.33. The number of nitrogens with zero attached hydrogens (tertiary/aromatic N) is 1. The minimum atomic E-state index is -1.23. The minimum Gasteiger partial charge on any atom is -0.508 e. The predicted octanol–water partition coefficient (Wildman–Crippen LogP) is 0.238. The maximum Gasteiger partial charge on any atom is 0.326 e. The molecule has 0 bridgehead atoms. The first-order valence-corrected chi connectivity index (χ1v) is 12.8. The molecule has 7 N–H and O–H groups in total. The largest absolute Gasteiger partial charge is 0.508 e. The van der Waals surface area contributed by atoms with Gasteiger partial charge in [-0.15, -0.1) is 0 Å². The zero-order valence-electron chi connectivity index (χ0n) is 21.6. The normalized spacial score (nSPS) is 18.1. The number of aromatic nitrogens is 2. The van der Waals surface area contributed by atoms with Gasteiger partial charge in [-0.2, -0.15) is 0 Å². The third-order valence-electron chi connectivity index (χ3n) is 6.77. The Morgan fingerprint density at radius 1 is 1.05 bits per heavy atom. The highest BCUT2D eigenvalue weighted by molar-refractivity contribution is 5.94. The van der Waals surface area contributed by atoms with E-state index >= 15 is 0 Å². The maximum absolute atomic E-state index is 13.5. The lowest BCUT2D eigenvalue weighted by Crippen LogP contribution is -2.59. The van der Waals surface area contributed by atoms with Crippen LogP contribution in [0.25, 0.3) is 0 Å². The number of aromatic hydroxyl groups is 1. The van der Waals surface area contributed by atoms with Gasteiger partial charge in [-0.05, 0) is 43.0 Å². The first kappa shape index (κ1) is 28.6. The van der Waals surface area contributed by atoms with Gasteiger partial charge in [0.2, 0.25) is 17.7 Å². The van der Waals surface area contributed by atoms with Crippen LogP contribution < -0.4 is 21.3 Å². The SMILES string of the molecule is CCC(C)C(NC(=O)C(Cc1ccc(O)cc1)NC(=O)C1CCCN1)C(=O)NC(Cc1cnc[nH]1)C(=O)O. The molecule has 38 heavy (non-hydrogen) atoms. The molecule has 1 aromatic carbocycles. The number of aliphatic carboxylic acids is 1. The summed E-state index contributed by atoms with van der Waals surface area (Å²) in [7, 11) is 0. The molecule has 0 saturated carbocycles. The van der Waals surface area contributed by atoms with Gasteiger partial charge in [0.05, 0.1) is 12.4 Å². The van der Waals surface area contributed by atoms with Gasteiger partial charge in [-0.3, -0.25) is 14.4 Å². The summed E-state index contributed by atoms with van der Waals surface area (Å²) in [6.45, 7) is 4.36. The third kappa shape index (κ3) is 8.04. The molecule has 0 radical (unpaired) electrons. The summed E-state index contributed by atoms with van der Waals surface area (Å²) < 4.78 is 0. The number of hydrogen-bond acceptors (Lipinski definition) is 7. The number of phenolic OH excluding ortho intramolecular Hbond substituents is 1. The minimum absolute atomic E-state index is 0.00380. The van der Waals surface area contributed by atoms with Crippen LogP contribution in [0.5, 0.6) is 5.75 Å². The van der Waals surface area contributed by atoms with Gasteiger partial charge in [-0.25, -0.2) is 9.78 Å². The molecular formula is C26H36N6O6. The molecule has 0 spiro atoms. The van der Waals surface area contributed by atoms with Crippen LogP contribution in [-0.4, -0.2) is 74.6 Å². The van der Waals surface area contributed by atoms with Crippen LogP contribution in [0, 0.1) is 5.92 Å². The van der Waals surface area contributed by atoms with Crippen molar-refractivity contribution < 1.29 is 29.4 Å². The van der Waals surface area contributed by atoms with Crippen LogP contribution in [0.4, 0.5) is 0 Å². The molecule has 1 aromatic heterocycles. The number of H-pyrrole nitrogens is 1. The van der Waals surface area contributed by atoms with Crippen molar-refractivity contribution in [2.45, 2.75) is 70.1 Å². The summed E-state index contributed by atoms with van der Waals surface area (Å²) in [5.74, 6) is -2.97. The number of carboxylic acid groups (broad SMARTS) is 1. The molecule has 1 fully saturated rings. The van der Waals surface area contributed by atoms with E-state index in [2.05, 4.69) is 31.2 Å². The molecule has 5 atom stereocenters. The number of nitrogens with one attached hydrogen (secondary N) is 5. The first-order chi connectivity index (χ1) is 18.2. The predicted molar refractivity (Wildman–Crippen MR) is 138 cm³/mol. The van der Waals surface area contributed by atoms with Crippen molar-refractivity contribution in [3.63, 3.8) is 0 Å². The number of carbonyl (C=O) groups is 4. The van der Waals surface area contributed by atoms with E-state index in [1.807, 2.05) is 6.92 Å². The number of carbonyl (C=O) groups excluding carboxylic acids is 3. The van der Waals surface area contributed by atoms with E-state index < -0.39 is 42.0 Å². The smallest absolute Gasteiger partial charge is 0.326 e. The quantitative estimate of drug-likeness (QED) is 0.193. The lowest BCUT2D eigenvalue weighted by Gasteiger charge is -2.28. The van der Waals surface area contributed by atoms with E-state index in [9.17, 15) is 29.4 Å². The Morgan fingerprint density at radius 3 is 2.37 bits per heavy atom. The number of carboxylic acids is 1. The Morgan fingerprint density at radius 2 is 1.79 bits per heavy atom. The lowest BCUT2D eigenvalue weighted by atomic mass is 9.96. The second kappa shape index (κ2) is 13.6. The topological polar surface area (TPSA) is 186 Å². The molecule has 2 aromatic rings. The number of rotatable bonds is 13. The van der Waals surface area contributed by atoms with Crippen LogP contribution in [0.2, 0.25) is 0 Å². The van der Waals surface area contributed by atoms with Gasteiger partial charge in [0.25, 0.3) is 0 Å². The molecule has 2 heterocycles. The van der Waals surface area contributed by atoms with E-state index in [0.717, 1.165) is 6.42 Å². The van der Waals surface area contributed by atoms with E-state index in [4.69, 9.17) is 0 Å². The summed E-state index contributed by atoms with van der Waals surface area (Å²) in [4.78, 5) is 58.0. The number of aromatic amines is 1. The number of hydrogen-bond donors (Lipinski definition) is 7. The van der Waals surface area contributed by atoms with Crippen molar-refractivity contribution in [2.24, 2.45) is 5.92 Å². The van der Waals surface area contributed by atoms with Gasteiger partial charge in [0.1, 0.15) is 23.9 Å². The van der Waals surface area contributed by atoms with Crippen LogP contribution in [-0.2, 0) is 32.0 Å². The number of phenols is 1. The second-order valence-corrected chi connectivity index (χ2v) is 9.63. The number of amides is 3. The summed E-state index contributed by atoms with van der Waals surface area (Å²) in [6, 6.07) is 2.64. The van der Waals surface area contributed by atoms with Gasteiger partial charge in [0, 0.05) is 24.7 Å². The van der Waals surface area contributed by atoms with Gasteiger partial charge < -0.3 is 36.5 Å². The molecule has 12 nitrogen and oxygen atoms in total. The Kier molecular flexibility index (Phi) is 10.2. The fourth-order valence-corrected chi connectivity index (χ4v) is 4.29. The second-order valence-electron chi connectivity index (χ2n) is 9.63. The monoisotopic (exact) mass is 528 g/mol. The molecular weight excluding hydrogens is 492 g/mol. The molecule has 5 unspecified atom stereocenters. The van der Waals surface area contributed by atoms with Crippen molar-refractivity contribution in [2.75, 3.05) is 6.54 Å². The highest BCUT2D eigenvalue weighted by Crippen LogP contribution is 2.14. The van der Waals surface area contributed by atoms with E-state index in [0.29, 0.717) is 30.6 Å². The third-order valence-corrected chi connectivity index (χ3v) is 6.77. The summed E-state index contributed by atoms with van der Waals surface area (Å²) in [5, 5.41) is 30.4. The van der Waals surface area contributed by atoms with Crippen LogP contribution in [0.15, 0.2) is 36.8 Å². The van der Waals surface area contributed by atoms with Crippen LogP contribution in [0.3, 0.4) is 0 Å². The molecule has 206 valence electrons. The molecule has 3 amide bonds. The zero-order chi connectivity index (χ0) is 27.7. The maximum atomic E-state index is 13.5. The molecule has 0 aliphatic carbocycles. The van der Waals surface area contributed by atoms with Crippen LogP contribution >= 0.6 is 0 Å². The standard InChI is InChI=1S/C26H36N6O6/c1-3-15(2)22(25(36)31-21(26(37)38)12-17-13-27-14-29-17)32-24(35)20(11-16-6-8-18(33)9-7-16)30-23(34)19-5-4-10-28-19/h6-9,13-15,19-22,28,33H,3-5,10-12H2,1-2H3,(H,27,29)(H,30,34)(H,31,36)(H,32,35)(H,37,38). The fourth-order valence-electron chi connectivity index (χ4n) is 4.29. The highest BCUT2D eigenvalue weighted by atomic mass is 16.4. The van der Waals surface area contributed by atoms with E-state index in [-0.39, 0.29) is 30.4 Å². The molecule has 12 heteroatoms. The average Bonchev–Trinajstić information content (AvgIpc) is 3.62. The van der Waals surface area contributed by atoms with Gasteiger partial charge in [0.15, 0.2) is 0 Å². The lowest BCUT2D eigenvalue weighted by molar-refractivity contribution is -0.142. The zero-order valence-corrected chi connectivity index (χ0v) is 21.6. The molecule has 3 rings (SSSR count). The van der Waals surface area contributed by atoms with Gasteiger partial charge in [-0.1, -0.05) is 32.4 Å². The fraction of sp³-hybridized carbons (Fsp3) is 0.500. The van der Waals surface area contributed by atoms with Crippen molar-refractivity contribution in [1.82, 2.24) is 31.2 Å². The van der Waals surface area contributed by atoms with Gasteiger partial charge >= 0.3 is 5.97 Å². The number of benzene rings is 1. The van der Waals surface area contributed by atoms with Crippen molar-refractivity contribution in [3.8, 4) is 5.75 Å². The molecule has 1 aliphatic rings. The van der Waals surface area contributed by atoms with E-state index in [1.54, 1.807) is 19.1 Å². The summed E-state index contributed by atoms with van der Waals surface area (Å²) in [5.41, 5.74) is 1.25. The van der Waals surface area contributed by atoms with Crippen molar-refractivity contribution >= 4 is 23.7 Å². The summed E-state index contributed by atoms with van der Waals surface area (Å²) in [6.07, 6.45) is 5.08. The molecule has 1 saturated heterocycles. The van der Waals surface area contributed by atoms with Crippen molar-refractivity contribution in [1.29, 1.82) is 0 Å². The van der Waals surface area contributed by atoms with E-state index in [1.165, 1.54) is 24.7 Å². The Labute approximate surface area is 221 Å². The Hall–Kier alpha value is -3.93. The van der Waals surface area contributed by atoms with Crippen molar-refractivity contribution in [3.05, 3.63) is 48.0 Å². The first-order valence-electron chi connectivity index (χ1n) is 12.8. The van der Waals surface area contributed by atoms with Crippen LogP contribution in [0.1, 0.15) is 44.4 Å². The average molecular weight is 529 g/mol. The Balaban J connectivity index is 1.76. The number of imidazole rings is 1. The Bertz CT molecular complexity index is 1080.